The van der Waals surface area contributed by atoms with E-state index in [0.717, 1.165) is 31.3 Å². The summed E-state index contributed by atoms with van der Waals surface area (Å²) < 4.78 is 30.4. The molecule has 7 nitrogen and oxygen atoms in total. The number of hydrogen-bond acceptors (Lipinski definition) is 6. The van der Waals surface area contributed by atoms with Crippen LogP contribution < -0.4 is 15.4 Å². The minimum Gasteiger partial charge on any atom is -0.431 e. The van der Waals surface area contributed by atoms with Gasteiger partial charge >= 0.3 is 6.61 Å². The largest absolute Gasteiger partial charge is 0.431 e. The lowest BCUT2D eigenvalue weighted by Crippen LogP contribution is -2.38. The van der Waals surface area contributed by atoms with E-state index in [1.807, 2.05) is 0 Å². The molecule has 1 fully saturated rings. The smallest absolute Gasteiger partial charge is 0.387 e. The van der Waals surface area contributed by atoms with Crippen LogP contribution in [0, 0.1) is 11.3 Å². The second-order valence-corrected chi connectivity index (χ2v) is 6.55. The van der Waals surface area contributed by atoms with Crippen LogP contribution in [0.15, 0.2) is 30.6 Å². The molecule has 0 radical (unpaired) electrons. The SMILES string of the molecule is N#Cc1ccc2c(-c3nc(N[C@H]4CCCNC4)ncc3OC(F)F)c[nH]c2c1. The van der Waals surface area contributed by atoms with Crippen molar-refractivity contribution in [3.05, 3.63) is 36.2 Å². The van der Waals surface area contributed by atoms with Gasteiger partial charge in [0.2, 0.25) is 5.95 Å². The summed E-state index contributed by atoms with van der Waals surface area (Å²) in [6.45, 7) is -1.22. The molecule has 0 saturated carbocycles. The molecule has 3 aromatic rings. The number of H-pyrrole nitrogens is 1. The summed E-state index contributed by atoms with van der Waals surface area (Å²) in [5, 5.41) is 16.4. The van der Waals surface area contributed by atoms with Crippen molar-refractivity contribution >= 4 is 16.9 Å². The van der Waals surface area contributed by atoms with Gasteiger partial charge in [0.1, 0.15) is 5.69 Å². The van der Waals surface area contributed by atoms with Crippen LogP contribution in [0.1, 0.15) is 18.4 Å². The zero-order valence-electron chi connectivity index (χ0n) is 14.9. The molecule has 0 bridgehead atoms. The molecule has 1 aliphatic heterocycles. The summed E-state index contributed by atoms with van der Waals surface area (Å²) in [5.41, 5.74) is 2.07. The van der Waals surface area contributed by atoms with Crippen LogP contribution in [0.3, 0.4) is 0 Å². The zero-order valence-corrected chi connectivity index (χ0v) is 14.9. The first-order valence-electron chi connectivity index (χ1n) is 8.95. The van der Waals surface area contributed by atoms with Gasteiger partial charge in [-0.1, -0.05) is 6.07 Å². The maximum absolute atomic E-state index is 12.9. The third kappa shape index (κ3) is 3.73. The van der Waals surface area contributed by atoms with E-state index in [0.29, 0.717) is 22.6 Å². The molecule has 1 atom stereocenters. The topological polar surface area (TPSA) is 98.7 Å². The molecule has 4 rings (SSSR count). The van der Waals surface area contributed by atoms with Crippen molar-refractivity contribution in [3.63, 3.8) is 0 Å². The summed E-state index contributed by atoms with van der Waals surface area (Å²) in [4.78, 5) is 11.7. The number of hydrogen-bond donors (Lipinski definition) is 3. The number of halogens is 2. The predicted molar refractivity (Wildman–Crippen MR) is 100 cm³/mol. The first-order chi connectivity index (χ1) is 13.6. The van der Waals surface area contributed by atoms with Gasteiger partial charge in [0.25, 0.3) is 0 Å². The number of rotatable bonds is 5. The third-order valence-corrected chi connectivity index (χ3v) is 4.67. The molecule has 28 heavy (non-hydrogen) atoms. The highest BCUT2D eigenvalue weighted by atomic mass is 19.3. The van der Waals surface area contributed by atoms with E-state index >= 15 is 0 Å². The number of piperidine rings is 1. The standard InChI is InChI=1S/C19H18F2N6O/c20-18(21)28-16-10-25-19(26-12-2-1-5-23-8-12)27-17(16)14-9-24-15-6-11(7-22)3-4-13(14)15/h3-4,6,9-10,12,18,23-24H,1-2,5,8H2,(H,25,26,27)/t12-/m0/s1. The first kappa shape index (κ1) is 18.1. The Hall–Kier alpha value is -3.25. The van der Waals surface area contributed by atoms with Crippen LogP contribution in [0.25, 0.3) is 22.2 Å². The number of ether oxygens (including phenoxy) is 1. The summed E-state index contributed by atoms with van der Waals surface area (Å²) >= 11 is 0. The van der Waals surface area contributed by atoms with Gasteiger partial charge in [-0.2, -0.15) is 14.0 Å². The molecule has 0 aliphatic carbocycles. The maximum atomic E-state index is 12.9. The molecule has 0 unspecified atom stereocenters. The highest BCUT2D eigenvalue weighted by Crippen LogP contribution is 2.35. The highest BCUT2D eigenvalue weighted by Gasteiger charge is 2.20. The van der Waals surface area contributed by atoms with Gasteiger partial charge in [-0.05, 0) is 31.5 Å². The van der Waals surface area contributed by atoms with E-state index in [4.69, 9.17) is 5.26 Å². The number of alkyl halides is 2. The number of benzene rings is 1. The molecule has 1 aromatic carbocycles. The van der Waals surface area contributed by atoms with Crippen molar-refractivity contribution in [2.75, 3.05) is 18.4 Å². The van der Waals surface area contributed by atoms with Gasteiger partial charge in [0, 0.05) is 35.2 Å². The van der Waals surface area contributed by atoms with Crippen molar-refractivity contribution in [1.29, 1.82) is 5.26 Å². The molecule has 3 heterocycles. The molecule has 0 amide bonds. The normalized spacial score (nSPS) is 16.9. The number of nitrogens with zero attached hydrogens (tertiary/aromatic N) is 3. The number of anilines is 1. The van der Waals surface area contributed by atoms with Gasteiger partial charge in [-0.15, -0.1) is 0 Å². The molecule has 1 aliphatic rings. The molecular weight excluding hydrogens is 366 g/mol. The lowest BCUT2D eigenvalue weighted by atomic mass is 10.1. The number of nitriles is 1. The van der Waals surface area contributed by atoms with Crippen LogP contribution in [0.5, 0.6) is 5.75 Å². The fourth-order valence-corrected chi connectivity index (χ4v) is 3.36. The predicted octanol–water partition coefficient (Wildman–Crippen LogP) is 3.26. The second kappa shape index (κ2) is 7.78. The van der Waals surface area contributed by atoms with Gasteiger partial charge < -0.3 is 20.4 Å². The molecular formula is C19H18F2N6O. The molecule has 1 saturated heterocycles. The monoisotopic (exact) mass is 384 g/mol. The van der Waals surface area contributed by atoms with Crippen molar-refractivity contribution in [3.8, 4) is 23.1 Å². The Morgan fingerprint density at radius 3 is 3.00 bits per heavy atom. The average molecular weight is 384 g/mol. The summed E-state index contributed by atoms with van der Waals surface area (Å²) in [5.74, 6) is 0.251. The second-order valence-electron chi connectivity index (χ2n) is 6.55. The zero-order chi connectivity index (χ0) is 19.5. The molecule has 144 valence electrons. The maximum Gasteiger partial charge on any atom is 0.387 e. The summed E-state index contributed by atoms with van der Waals surface area (Å²) in [6.07, 6.45) is 4.94. The molecule has 0 spiro atoms. The number of nitrogens with one attached hydrogen (secondary N) is 3. The van der Waals surface area contributed by atoms with Crippen LogP contribution in [0.4, 0.5) is 14.7 Å². The van der Waals surface area contributed by atoms with Gasteiger partial charge in [0.05, 0.1) is 17.8 Å². The van der Waals surface area contributed by atoms with Gasteiger partial charge in [-0.3, -0.25) is 0 Å². The van der Waals surface area contributed by atoms with E-state index in [2.05, 4.69) is 36.4 Å². The number of fused-ring (bicyclic) bond motifs is 1. The van der Waals surface area contributed by atoms with Crippen molar-refractivity contribution in [2.24, 2.45) is 0 Å². The van der Waals surface area contributed by atoms with E-state index in [9.17, 15) is 8.78 Å². The van der Waals surface area contributed by atoms with Crippen molar-refractivity contribution in [2.45, 2.75) is 25.5 Å². The lowest BCUT2D eigenvalue weighted by Gasteiger charge is -2.24. The Labute approximate surface area is 159 Å². The van der Waals surface area contributed by atoms with Crippen LogP contribution in [-0.2, 0) is 0 Å². The van der Waals surface area contributed by atoms with Crippen LogP contribution >= 0.6 is 0 Å². The first-order valence-corrected chi connectivity index (χ1v) is 8.95. The number of aromatic nitrogens is 3. The lowest BCUT2D eigenvalue weighted by molar-refractivity contribution is -0.0498. The molecule has 3 N–H and O–H groups in total. The van der Waals surface area contributed by atoms with E-state index < -0.39 is 6.61 Å². The fraction of sp³-hybridized carbons (Fsp3) is 0.316. The fourth-order valence-electron chi connectivity index (χ4n) is 3.36. The van der Waals surface area contributed by atoms with E-state index in [-0.39, 0.29) is 17.5 Å². The van der Waals surface area contributed by atoms with E-state index in [1.165, 1.54) is 6.20 Å². The van der Waals surface area contributed by atoms with E-state index in [1.54, 1.807) is 24.4 Å². The minimum atomic E-state index is -2.99. The van der Waals surface area contributed by atoms with Gasteiger partial charge in [-0.25, -0.2) is 9.97 Å². The Balaban J connectivity index is 1.74. The van der Waals surface area contributed by atoms with Crippen molar-refractivity contribution < 1.29 is 13.5 Å². The average Bonchev–Trinajstić information content (AvgIpc) is 3.12. The molecule has 2 aromatic heterocycles. The third-order valence-electron chi connectivity index (χ3n) is 4.67. The summed E-state index contributed by atoms with van der Waals surface area (Å²) in [6, 6.07) is 7.36. The quantitative estimate of drug-likeness (QED) is 0.625. The highest BCUT2D eigenvalue weighted by molar-refractivity contribution is 5.96. The molecule has 9 heteroatoms. The van der Waals surface area contributed by atoms with Crippen LogP contribution in [-0.4, -0.2) is 40.7 Å². The van der Waals surface area contributed by atoms with Crippen LogP contribution in [0.2, 0.25) is 0 Å². The van der Waals surface area contributed by atoms with Gasteiger partial charge in [0.15, 0.2) is 5.75 Å². The minimum absolute atomic E-state index is 0.104. The number of aromatic amines is 1. The van der Waals surface area contributed by atoms with Crippen molar-refractivity contribution in [1.82, 2.24) is 20.3 Å². The Kier molecular flexibility index (Phi) is 5.04. The Bertz CT molecular complexity index is 1020. The Morgan fingerprint density at radius 1 is 1.36 bits per heavy atom. The summed E-state index contributed by atoms with van der Waals surface area (Å²) in [7, 11) is 0. The Morgan fingerprint density at radius 2 is 2.25 bits per heavy atom.